The Kier molecular flexibility index (Phi) is 7.07. The highest BCUT2D eigenvalue weighted by Gasteiger charge is 2.51. The third kappa shape index (κ3) is 5.37. The van der Waals surface area contributed by atoms with Gasteiger partial charge in [0.2, 0.25) is 11.8 Å². The Bertz CT molecular complexity index is 796. The van der Waals surface area contributed by atoms with Crippen LogP contribution in [0.15, 0.2) is 16.8 Å². The first-order valence-corrected chi connectivity index (χ1v) is 10.5. The van der Waals surface area contributed by atoms with Gasteiger partial charge in [0.15, 0.2) is 6.04 Å². The highest BCUT2D eigenvalue weighted by Crippen LogP contribution is 2.39. The number of hydrogen-bond acceptors (Lipinski definition) is 7. The zero-order valence-corrected chi connectivity index (χ0v) is 19.9. The molecule has 9 heteroatoms. The van der Waals surface area contributed by atoms with Gasteiger partial charge in [-0.15, -0.1) is 0 Å². The Morgan fingerprint density at radius 1 is 1.26 bits per heavy atom. The maximum Gasteiger partial charge on any atom is 0.411 e. The largest absolute Gasteiger partial charge is 0.470 e. The SMILES string of the molecule is C/C=C(\NC(=O)[C@@H]1[C@@H](C)CC(C)(C)N1C(=O)OC(C)(C)C)C1=N[C@H](C(=O)OC)[C@H](C)O1. The number of nitrogens with zero attached hydrogens (tertiary/aromatic N) is 2. The van der Waals surface area contributed by atoms with Gasteiger partial charge in [0.25, 0.3) is 0 Å². The van der Waals surface area contributed by atoms with Crippen LogP contribution in [0.25, 0.3) is 0 Å². The van der Waals surface area contributed by atoms with Gasteiger partial charge in [-0.25, -0.2) is 14.6 Å². The van der Waals surface area contributed by atoms with Crippen molar-refractivity contribution < 1.29 is 28.6 Å². The van der Waals surface area contributed by atoms with E-state index in [2.05, 4.69) is 10.3 Å². The van der Waals surface area contributed by atoms with Crippen molar-refractivity contribution in [2.45, 2.75) is 91.1 Å². The monoisotopic (exact) mass is 437 g/mol. The topological polar surface area (TPSA) is 107 Å². The number of carbonyl (C=O) groups is 3. The molecule has 4 atom stereocenters. The first-order chi connectivity index (χ1) is 14.2. The fraction of sp³-hybridized carbons (Fsp3) is 0.727. The molecule has 0 aromatic rings. The van der Waals surface area contributed by atoms with Crippen LogP contribution >= 0.6 is 0 Å². The summed E-state index contributed by atoms with van der Waals surface area (Å²) in [7, 11) is 1.29. The molecule has 0 aromatic carbocycles. The molecule has 9 nitrogen and oxygen atoms in total. The van der Waals surface area contributed by atoms with E-state index in [1.807, 2.05) is 20.8 Å². The lowest BCUT2D eigenvalue weighted by atomic mass is 9.95. The van der Waals surface area contributed by atoms with Gasteiger partial charge in [0.05, 0.1) is 12.8 Å². The van der Waals surface area contributed by atoms with Gasteiger partial charge in [-0.05, 0) is 60.8 Å². The number of aliphatic imine (C=N–C) groups is 1. The molecular formula is C22H35N3O6. The van der Waals surface area contributed by atoms with E-state index in [4.69, 9.17) is 14.2 Å². The highest BCUT2D eigenvalue weighted by molar-refractivity contribution is 6.01. The summed E-state index contributed by atoms with van der Waals surface area (Å²) in [4.78, 5) is 43.9. The number of rotatable bonds is 4. The lowest BCUT2D eigenvalue weighted by molar-refractivity contribution is -0.143. The van der Waals surface area contributed by atoms with Gasteiger partial charge in [-0.2, -0.15) is 0 Å². The summed E-state index contributed by atoms with van der Waals surface area (Å²) in [6, 6.07) is -1.52. The molecule has 1 fully saturated rings. The molecule has 1 saturated heterocycles. The number of nitrogens with one attached hydrogen (secondary N) is 1. The number of allylic oxidation sites excluding steroid dienone is 1. The summed E-state index contributed by atoms with van der Waals surface area (Å²) in [6.45, 7) is 14.6. The predicted octanol–water partition coefficient (Wildman–Crippen LogP) is 2.79. The van der Waals surface area contributed by atoms with E-state index in [-0.39, 0.29) is 17.7 Å². The normalized spacial score (nSPS) is 28.0. The fourth-order valence-electron chi connectivity index (χ4n) is 4.13. The second kappa shape index (κ2) is 8.88. The summed E-state index contributed by atoms with van der Waals surface area (Å²) in [5.41, 5.74) is -0.893. The van der Waals surface area contributed by atoms with Gasteiger partial charge in [0, 0.05) is 5.54 Å². The molecule has 0 bridgehead atoms. The van der Waals surface area contributed by atoms with E-state index in [0.717, 1.165) is 0 Å². The molecule has 0 radical (unpaired) electrons. The maximum absolute atomic E-state index is 13.3. The molecule has 2 aliphatic rings. The van der Waals surface area contributed by atoms with Crippen LogP contribution in [0, 0.1) is 5.92 Å². The summed E-state index contributed by atoms with van der Waals surface area (Å²) >= 11 is 0. The fourth-order valence-corrected chi connectivity index (χ4v) is 4.13. The summed E-state index contributed by atoms with van der Waals surface area (Å²) < 4.78 is 16.0. The molecule has 2 rings (SSSR count). The van der Waals surface area contributed by atoms with Gasteiger partial charge in [0.1, 0.15) is 17.7 Å². The van der Waals surface area contributed by atoms with Crippen LogP contribution in [0.4, 0.5) is 4.79 Å². The van der Waals surface area contributed by atoms with Crippen LogP contribution in [-0.2, 0) is 23.8 Å². The predicted molar refractivity (Wildman–Crippen MR) is 115 cm³/mol. The minimum Gasteiger partial charge on any atom is -0.470 e. The molecular weight excluding hydrogens is 402 g/mol. The molecule has 2 amide bonds. The number of hydrogen-bond donors (Lipinski definition) is 1. The Hall–Kier alpha value is -2.58. The lowest BCUT2D eigenvalue weighted by Gasteiger charge is -2.36. The van der Waals surface area contributed by atoms with Gasteiger partial charge in [-0.1, -0.05) is 13.0 Å². The van der Waals surface area contributed by atoms with Crippen molar-refractivity contribution >= 4 is 23.9 Å². The second-order valence-electron chi connectivity index (χ2n) is 9.71. The van der Waals surface area contributed by atoms with Crippen molar-refractivity contribution in [1.82, 2.24) is 10.2 Å². The van der Waals surface area contributed by atoms with Crippen LogP contribution in [0.1, 0.15) is 61.8 Å². The summed E-state index contributed by atoms with van der Waals surface area (Å²) in [5.74, 6) is -0.801. The average molecular weight is 438 g/mol. The zero-order valence-electron chi connectivity index (χ0n) is 19.9. The van der Waals surface area contributed by atoms with Crippen LogP contribution in [0.2, 0.25) is 0 Å². The molecule has 2 heterocycles. The van der Waals surface area contributed by atoms with Crippen LogP contribution in [0.5, 0.6) is 0 Å². The van der Waals surface area contributed by atoms with Gasteiger partial charge >= 0.3 is 12.1 Å². The zero-order chi connectivity index (χ0) is 23.7. The Balaban J connectivity index is 2.25. The van der Waals surface area contributed by atoms with Crippen molar-refractivity contribution in [3.8, 4) is 0 Å². The second-order valence-corrected chi connectivity index (χ2v) is 9.71. The minimum absolute atomic E-state index is 0.0891. The van der Waals surface area contributed by atoms with Crippen LogP contribution < -0.4 is 5.32 Å². The van der Waals surface area contributed by atoms with Crippen molar-refractivity contribution in [3.63, 3.8) is 0 Å². The Morgan fingerprint density at radius 3 is 2.39 bits per heavy atom. The van der Waals surface area contributed by atoms with Gasteiger partial charge < -0.3 is 19.5 Å². The quantitative estimate of drug-likeness (QED) is 0.678. The standard InChI is InChI=1S/C22H35N3O6/c1-10-14(18-24-15(13(3)30-18)19(27)29-9)23-17(26)16-12(2)11-22(7,8)25(16)20(28)31-21(4,5)6/h10,12-13,15-16H,11H2,1-9H3,(H,23,26)/b14-10-/t12-,13-,15-,16-/m0/s1. The molecule has 2 aliphatic heterocycles. The number of carbonyl (C=O) groups excluding carboxylic acids is 3. The molecule has 0 spiro atoms. The van der Waals surface area contributed by atoms with E-state index in [1.165, 1.54) is 12.0 Å². The molecule has 31 heavy (non-hydrogen) atoms. The van der Waals surface area contributed by atoms with Crippen molar-refractivity contribution in [2.24, 2.45) is 10.9 Å². The van der Waals surface area contributed by atoms with Crippen molar-refractivity contribution in [1.29, 1.82) is 0 Å². The summed E-state index contributed by atoms with van der Waals surface area (Å²) in [5, 5.41) is 2.83. The molecule has 0 unspecified atom stereocenters. The lowest BCUT2D eigenvalue weighted by Crippen LogP contribution is -2.55. The molecule has 1 N–H and O–H groups in total. The van der Waals surface area contributed by atoms with E-state index in [0.29, 0.717) is 12.1 Å². The van der Waals surface area contributed by atoms with E-state index in [9.17, 15) is 14.4 Å². The number of likely N-dealkylation sites (tertiary alicyclic amines) is 1. The van der Waals surface area contributed by atoms with Gasteiger partial charge in [-0.3, -0.25) is 9.69 Å². The maximum atomic E-state index is 13.3. The van der Waals surface area contributed by atoms with Crippen LogP contribution in [0.3, 0.4) is 0 Å². The molecule has 0 aliphatic carbocycles. The van der Waals surface area contributed by atoms with E-state index in [1.54, 1.807) is 40.7 Å². The number of methoxy groups -OCH3 is 1. The Labute approximate surface area is 184 Å². The number of esters is 1. The third-order valence-electron chi connectivity index (χ3n) is 5.37. The van der Waals surface area contributed by atoms with Crippen molar-refractivity contribution in [3.05, 3.63) is 11.8 Å². The molecule has 174 valence electrons. The molecule has 0 saturated carbocycles. The first kappa shape index (κ1) is 24.7. The number of amides is 2. The van der Waals surface area contributed by atoms with E-state index < -0.39 is 41.4 Å². The first-order valence-electron chi connectivity index (χ1n) is 10.5. The highest BCUT2D eigenvalue weighted by atomic mass is 16.6. The molecule has 0 aromatic heterocycles. The average Bonchev–Trinajstić information content (AvgIpc) is 3.13. The van der Waals surface area contributed by atoms with Crippen LogP contribution in [-0.4, -0.2) is 65.2 Å². The van der Waals surface area contributed by atoms with Crippen molar-refractivity contribution in [2.75, 3.05) is 7.11 Å². The third-order valence-corrected chi connectivity index (χ3v) is 5.37. The summed E-state index contributed by atoms with van der Waals surface area (Å²) in [6.07, 6.45) is 1.25. The van der Waals surface area contributed by atoms with E-state index >= 15 is 0 Å². The smallest absolute Gasteiger partial charge is 0.411 e. The number of ether oxygens (including phenoxy) is 3. The Morgan fingerprint density at radius 2 is 1.87 bits per heavy atom. The minimum atomic E-state index is -0.797.